The van der Waals surface area contributed by atoms with Gasteiger partial charge >= 0.3 is 0 Å². The molecule has 0 aliphatic heterocycles. The van der Waals surface area contributed by atoms with E-state index in [1.54, 1.807) is 0 Å². The standard InChI is InChI=1S/C10H23NO2S/c1-8(2)9(3)14(13)7-10(11-4)5-6-12/h8-12H,5-7H2,1-4H3. The molecule has 0 fully saturated rings. The van der Waals surface area contributed by atoms with E-state index in [-0.39, 0.29) is 17.9 Å². The lowest BCUT2D eigenvalue weighted by Crippen LogP contribution is -2.35. The lowest BCUT2D eigenvalue weighted by atomic mass is 10.2. The van der Waals surface area contributed by atoms with Crippen molar-refractivity contribution < 1.29 is 9.32 Å². The molecule has 3 unspecified atom stereocenters. The average molecular weight is 221 g/mol. The van der Waals surface area contributed by atoms with Crippen molar-refractivity contribution in [3.63, 3.8) is 0 Å². The van der Waals surface area contributed by atoms with E-state index in [9.17, 15) is 4.21 Å². The van der Waals surface area contributed by atoms with Gasteiger partial charge in [-0.25, -0.2) is 0 Å². The Labute approximate surface area is 89.7 Å². The zero-order valence-corrected chi connectivity index (χ0v) is 10.4. The van der Waals surface area contributed by atoms with Gasteiger partial charge in [0, 0.05) is 34.5 Å². The molecule has 0 amide bonds. The first-order valence-electron chi connectivity index (χ1n) is 5.18. The van der Waals surface area contributed by atoms with Crippen LogP contribution in [0.25, 0.3) is 0 Å². The summed E-state index contributed by atoms with van der Waals surface area (Å²) in [7, 11) is 1.04. The molecule has 3 atom stereocenters. The van der Waals surface area contributed by atoms with Gasteiger partial charge < -0.3 is 10.4 Å². The second-order valence-electron chi connectivity index (χ2n) is 3.99. The Morgan fingerprint density at radius 3 is 2.29 bits per heavy atom. The molecule has 0 saturated carbocycles. The van der Waals surface area contributed by atoms with Gasteiger partial charge in [-0.15, -0.1) is 0 Å². The fourth-order valence-corrected chi connectivity index (χ4v) is 2.76. The summed E-state index contributed by atoms with van der Waals surface area (Å²) in [5, 5.41) is 12.1. The van der Waals surface area contributed by atoms with Crippen molar-refractivity contribution in [2.45, 2.75) is 38.5 Å². The molecule has 0 saturated heterocycles. The summed E-state index contributed by atoms with van der Waals surface area (Å²) < 4.78 is 11.8. The third-order valence-electron chi connectivity index (χ3n) is 2.60. The highest BCUT2D eigenvalue weighted by atomic mass is 32.2. The van der Waals surface area contributed by atoms with Gasteiger partial charge in [0.25, 0.3) is 0 Å². The smallest absolute Gasteiger partial charge is 0.0446 e. The first-order valence-corrected chi connectivity index (χ1v) is 6.56. The topological polar surface area (TPSA) is 49.3 Å². The van der Waals surface area contributed by atoms with Gasteiger partial charge in [0.15, 0.2) is 0 Å². The van der Waals surface area contributed by atoms with Gasteiger partial charge in [0.05, 0.1) is 0 Å². The molecule has 86 valence electrons. The highest BCUT2D eigenvalue weighted by Gasteiger charge is 2.18. The van der Waals surface area contributed by atoms with E-state index in [4.69, 9.17) is 5.11 Å². The van der Waals surface area contributed by atoms with Crippen LogP contribution in [0, 0.1) is 5.92 Å². The molecule has 0 radical (unpaired) electrons. The summed E-state index contributed by atoms with van der Waals surface area (Å²) in [5.74, 6) is 1.08. The highest BCUT2D eigenvalue weighted by molar-refractivity contribution is 7.85. The summed E-state index contributed by atoms with van der Waals surface area (Å²) in [5.41, 5.74) is 0. The maximum atomic E-state index is 11.8. The fourth-order valence-electron chi connectivity index (χ4n) is 1.12. The minimum Gasteiger partial charge on any atom is -0.396 e. The second-order valence-corrected chi connectivity index (χ2v) is 5.83. The molecule has 0 rings (SSSR count). The molecule has 0 aromatic carbocycles. The van der Waals surface area contributed by atoms with Gasteiger partial charge in [0.1, 0.15) is 0 Å². The first-order chi connectivity index (χ1) is 6.52. The van der Waals surface area contributed by atoms with Crippen LogP contribution < -0.4 is 5.32 Å². The quantitative estimate of drug-likeness (QED) is 0.667. The van der Waals surface area contributed by atoms with E-state index in [1.165, 1.54) is 0 Å². The van der Waals surface area contributed by atoms with Crippen LogP contribution >= 0.6 is 0 Å². The van der Waals surface area contributed by atoms with E-state index in [2.05, 4.69) is 19.2 Å². The maximum Gasteiger partial charge on any atom is 0.0446 e. The van der Waals surface area contributed by atoms with Crippen LogP contribution in [-0.4, -0.2) is 40.0 Å². The summed E-state index contributed by atoms with van der Waals surface area (Å²) in [6.45, 7) is 6.34. The monoisotopic (exact) mass is 221 g/mol. The number of aliphatic hydroxyl groups excluding tert-OH is 1. The average Bonchev–Trinajstić information content (AvgIpc) is 2.15. The second kappa shape index (κ2) is 7.37. The Kier molecular flexibility index (Phi) is 7.41. The van der Waals surface area contributed by atoms with E-state index >= 15 is 0 Å². The Morgan fingerprint density at radius 2 is 1.93 bits per heavy atom. The van der Waals surface area contributed by atoms with Crippen LogP contribution in [0.2, 0.25) is 0 Å². The van der Waals surface area contributed by atoms with E-state index in [0.29, 0.717) is 18.1 Å². The van der Waals surface area contributed by atoms with Crippen LogP contribution in [0.1, 0.15) is 27.2 Å². The van der Waals surface area contributed by atoms with Crippen molar-refractivity contribution in [1.29, 1.82) is 0 Å². The third-order valence-corrected chi connectivity index (χ3v) is 4.71. The minimum absolute atomic E-state index is 0.152. The van der Waals surface area contributed by atoms with E-state index in [1.807, 2.05) is 14.0 Å². The molecule has 14 heavy (non-hydrogen) atoms. The van der Waals surface area contributed by atoms with Crippen molar-refractivity contribution in [2.75, 3.05) is 19.4 Å². The summed E-state index contributed by atoms with van der Waals surface area (Å²) in [6.07, 6.45) is 0.674. The molecule has 0 aromatic heterocycles. The molecule has 2 N–H and O–H groups in total. The summed E-state index contributed by atoms with van der Waals surface area (Å²) in [6, 6.07) is 0.169. The van der Waals surface area contributed by atoms with Crippen LogP contribution in [0.5, 0.6) is 0 Å². The van der Waals surface area contributed by atoms with E-state index < -0.39 is 10.8 Å². The molecule has 0 aromatic rings. The van der Waals surface area contributed by atoms with Crippen molar-refractivity contribution in [2.24, 2.45) is 5.92 Å². The summed E-state index contributed by atoms with van der Waals surface area (Å²) in [4.78, 5) is 0. The van der Waals surface area contributed by atoms with Crippen molar-refractivity contribution in [1.82, 2.24) is 5.32 Å². The number of aliphatic hydroxyl groups is 1. The molecule has 0 spiro atoms. The molecule has 0 bridgehead atoms. The SMILES string of the molecule is CNC(CCO)CS(=O)C(C)C(C)C. The highest BCUT2D eigenvalue weighted by Crippen LogP contribution is 2.10. The van der Waals surface area contributed by atoms with E-state index in [0.717, 1.165) is 0 Å². The third kappa shape index (κ3) is 5.08. The van der Waals surface area contributed by atoms with Crippen molar-refractivity contribution >= 4 is 10.8 Å². The van der Waals surface area contributed by atoms with Crippen molar-refractivity contribution in [3.8, 4) is 0 Å². The Bertz CT molecular complexity index is 174. The lowest BCUT2D eigenvalue weighted by molar-refractivity contribution is 0.272. The number of rotatable bonds is 7. The van der Waals surface area contributed by atoms with Crippen LogP contribution in [-0.2, 0) is 10.8 Å². The largest absolute Gasteiger partial charge is 0.396 e. The Balaban J connectivity index is 4.01. The van der Waals surface area contributed by atoms with Gasteiger partial charge in [-0.05, 0) is 19.4 Å². The van der Waals surface area contributed by atoms with Crippen LogP contribution in [0.3, 0.4) is 0 Å². The zero-order valence-electron chi connectivity index (χ0n) is 9.62. The predicted octanol–water partition coefficient (Wildman–Crippen LogP) is 0.750. The number of hydrogen-bond donors (Lipinski definition) is 2. The van der Waals surface area contributed by atoms with Crippen molar-refractivity contribution in [3.05, 3.63) is 0 Å². The van der Waals surface area contributed by atoms with Gasteiger partial charge in [-0.2, -0.15) is 0 Å². The minimum atomic E-state index is -0.800. The summed E-state index contributed by atoms with van der Waals surface area (Å²) >= 11 is 0. The first kappa shape index (κ1) is 14.1. The molecular formula is C10H23NO2S. The van der Waals surface area contributed by atoms with Crippen LogP contribution in [0.15, 0.2) is 0 Å². The molecule has 0 aliphatic rings. The molecule has 0 aliphatic carbocycles. The fraction of sp³-hybridized carbons (Fsp3) is 1.00. The van der Waals surface area contributed by atoms with Gasteiger partial charge in [0.2, 0.25) is 0 Å². The Morgan fingerprint density at radius 1 is 1.36 bits per heavy atom. The zero-order chi connectivity index (χ0) is 11.1. The van der Waals surface area contributed by atoms with Gasteiger partial charge in [-0.3, -0.25) is 4.21 Å². The normalized spacial score (nSPS) is 18.1. The molecular weight excluding hydrogens is 198 g/mol. The number of hydrogen-bond acceptors (Lipinski definition) is 3. The molecule has 4 heteroatoms. The van der Waals surface area contributed by atoms with Gasteiger partial charge in [-0.1, -0.05) is 20.8 Å². The lowest BCUT2D eigenvalue weighted by Gasteiger charge is -2.19. The molecule has 0 heterocycles. The number of nitrogens with one attached hydrogen (secondary N) is 1. The predicted molar refractivity (Wildman–Crippen MR) is 61.9 cm³/mol. The maximum absolute atomic E-state index is 11.8. The van der Waals surface area contributed by atoms with Crippen LogP contribution in [0.4, 0.5) is 0 Å². The Hall–Kier alpha value is 0.0700. The molecule has 3 nitrogen and oxygen atoms in total.